The number of nitrogens with one attached hydrogen (secondary N) is 1. The van der Waals surface area contributed by atoms with Crippen molar-refractivity contribution in [3.8, 4) is 0 Å². The van der Waals surface area contributed by atoms with Gasteiger partial charge in [-0.3, -0.25) is 0 Å². The van der Waals surface area contributed by atoms with Gasteiger partial charge in [0.2, 0.25) is 5.82 Å². The molecule has 0 amide bonds. The highest BCUT2D eigenvalue weighted by atomic mass is 19.3. The fourth-order valence-electron chi connectivity index (χ4n) is 1.48. The Kier molecular flexibility index (Phi) is 3.31. The minimum atomic E-state index is -2.55. The molecule has 0 aliphatic carbocycles. The smallest absolute Gasteiger partial charge is 0.374 e. The minimum absolute atomic E-state index is 0.0956. The number of hydrogen-bond acceptors (Lipinski definition) is 4. The van der Waals surface area contributed by atoms with Crippen LogP contribution < -0.4 is 5.32 Å². The highest BCUT2D eigenvalue weighted by Gasteiger charge is 2.13. The normalized spacial score (nSPS) is 10.8. The maximum Gasteiger partial charge on any atom is 0.374 e. The molecule has 0 unspecified atom stereocenters. The van der Waals surface area contributed by atoms with Gasteiger partial charge >= 0.3 is 5.97 Å². The first kappa shape index (κ1) is 12.2. The Morgan fingerprint density at radius 1 is 1.33 bits per heavy atom. The van der Waals surface area contributed by atoms with Crippen LogP contribution in [0.5, 0.6) is 0 Å². The molecule has 0 saturated heterocycles. The van der Waals surface area contributed by atoms with Gasteiger partial charge in [-0.15, -0.1) is 0 Å². The van der Waals surface area contributed by atoms with E-state index in [0.717, 1.165) is 0 Å². The number of carbonyl (C=O) groups is 1. The molecule has 18 heavy (non-hydrogen) atoms. The Balaban J connectivity index is 2.50. The molecule has 1 aromatic carbocycles. The molecule has 0 fully saturated rings. The van der Waals surface area contributed by atoms with Gasteiger partial charge in [0.05, 0.1) is 12.1 Å². The van der Waals surface area contributed by atoms with Crippen molar-refractivity contribution in [2.24, 2.45) is 0 Å². The van der Waals surface area contributed by atoms with Crippen LogP contribution in [0.4, 0.5) is 14.6 Å². The van der Waals surface area contributed by atoms with Crippen molar-refractivity contribution in [1.29, 1.82) is 0 Å². The lowest BCUT2D eigenvalue weighted by Crippen LogP contribution is -2.14. The maximum atomic E-state index is 12.2. The zero-order valence-electron chi connectivity index (χ0n) is 9.10. The standard InChI is InChI=1S/C11H9F2N3O2/c12-8(13)5-14-9-6-3-1-2-4-7(6)15-10(16-9)11(17)18/h1-4,8H,5H2,(H,17,18)(H,14,15,16). The quantitative estimate of drug-likeness (QED) is 0.871. The Hall–Kier alpha value is -2.31. The molecule has 2 rings (SSSR count). The summed E-state index contributed by atoms with van der Waals surface area (Å²) in [4.78, 5) is 18.4. The van der Waals surface area contributed by atoms with E-state index in [4.69, 9.17) is 5.11 Å². The summed E-state index contributed by atoms with van der Waals surface area (Å²) < 4.78 is 24.3. The second-order valence-corrected chi connectivity index (χ2v) is 3.49. The number of hydrogen-bond donors (Lipinski definition) is 2. The minimum Gasteiger partial charge on any atom is -0.475 e. The number of carboxylic acid groups (broad SMARTS) is 1. The van der Waals surface area contributed by atoms with Gasteiger partial charge in [-0.2, -0.15) is 0 Å². The lowest BCUT2D eigenvalue weighted by atomic mass is 10.2. The fraction of sp³-hybridized carbons (Fsp3) is 0.182. The Morgan fingerprint density at radius 3 is 2.72 bits per heavy atom. The van der Waals surface area contributed by atoms with Crippen molar-refractivity contribution in [2.75, 3.05) is 11.9 Å². The number of carboxylic acids is 1. The van der Waals surface area contributed by atoms with Crippen LogP contribution in [0.15, 0.2) is 24.3 Å². The SMILES string of the molecule is O=C(O)c1nc(NCC(F)F)c2ccccc2n1. The maximum absolute atomic E-state index is 12.2. The summed E-state index contributed by atoms with van der Waals surface area (Å²) in [6, 6.07) is 6.60. The Bertz CT molecular complexity index is 590. The predicted molar refractivity (Wildman–Crippen MR) is 61.0 cm³/mol. The molecule has 1 heterocycles. The summed E-state index contributed by atoms with van der Waals surface area (Å²) in [5.74, 6) is -1.63. The molecule has 2 aromatic rings. The first-order valence-electron chi connectivity index (χ1n) is 5.10. The van der Waals surface area contributed by atoms with Gasteiger partial charge in [-0.1, -0.05) is 12.1 Å². The molecule has 0 spiro atoms. The number of nitrogens with zero attached hydrogens (tertiary/aromatic N) is 2. The zero-order valence-corrected chi connectivity index (χ0v) is 9.10. The van der Waals surface area contributed by atoms with Gasteiger partial charge in [0.15, 0.2) is 0 Å². The van der Waals surface area contributed by atoms with E-state index in [-0.39, 0.29) is 5.82 Å². The van der Waals surface area contributed by atoms with Crippen LogP contribution in [-0.2, 0) is 0 Å². The first-order valence-corrected chi connectivity index (χ1v) is 5.10. The van der Waals surface area contributed by atoms with E-state index in [1.165, 1.54) is 0 Å². The van der Waals surface area contributed by atoms with Gasteiger partial charge in [0.25, 0.3) is 6.43 Å². The number of para-hydroxylation sites is 1. The van der Waals surface area contributed by atoms with Crippen molar-refractivity contribution in [1.82, 2.24) is 9.97 Å². The highest BCUT2D eigenvalue weighted by molar-refractivity contribution is 5.93. The lowest BCUT2D eigenvalue weighted by Gasteiger charge is -2.08. The number of aromatic nitrogens is 2. The third-order valence-corrected chi connectivity index (χ3v) is 2.22. The van der Waals surface area contributed by atoms with Crippen LogP contribution in [0.2, 0.25) is 0 Å². The van der Waals surface area contributed by atoms with Crippen LogP contribution in [0.1, 0.15) is 10.6 Å². The molecule has 0 radical (unpaired) electrons. The average Bonchev–Trinajstić information content (AvgIpc) is 2.35. The topological polar surface area (TPSA) is 75.1 Å². The van der Waals surface area contributed by atoms with E-state index in [2.05, 4.69) is 15.3 Å². The molecule has 0 aliphatic rings. The predicted octanol–water partition coefficient (Wildman–Crippen LogP) is 2.00. The molecule has 0 atom stereocenters. The molecular weight excluding hydrogens is 244 g/mol. The number of alkyl halides is 2. The van der Waals surface area contributed by atoms with E-state index in [1.807, 2.05) is 0 Å². The fourth-order valence-corrected chi connectivity index (χ4v) is 1.48. The largest absolute Gasteiger partial charge is 0.475 e. The van der Waals surface area contributed by atoms with E-state index >= 15 is 0 Å². The van der Waals surface area contributed by atoms with Crippen molar-refractivity contribution in [3.63, 3.8) is 0 Å². The van der Waals surface area contributed by atoms with Crippen LogP contribution in [0.3, 0.4) is 0 Å². The van der Waals surface area contributed by atoms with Crippen molar-refractivity contribution in [3.05, 3.63) is 30.1 Å². The zero-order chi connectivity index (χ0) is 13.1. The third-order valence-electron chi connectivity index (χ3n) is 2.22. The molecule has 0 bridgehead atoms. The third kappa shape index (κ3) is 2.50. The summed E-state index contributed by atoms with van der Waals surface area (Å²) in [6.07, 6.45) is -2.55. The molecule has 0 aliphatic heterocycles. The number of anilines is 1. The Labute approximate surface area is 100 Å². The summed E-state index contributed by atoms with van der Waals surface area (Å²) in [6.45, 7) is -0.597. The van der Waals surface area contributed by atoms with Gasteiger partial charge in [0.1, 0.15) is 5.82 Å². The molecular formula is C11H9F2N3O2. The highest BCUT2D eigenvalue weighted by Crippen LogP contribution is 2.20. The van der Waals surface area contributed by atoms with E-state index < -0.39 is 24.8 Å². The summed E-state index contributed by atoms with van der Waals surface area (Å²) >= 11 is 0. The van der Waals surface area contributed by atoms with E-state index in [0.29, 0.717) is 10.9 Å². The van der Waals surface area contributed by atoms with Gasteiger partial charge in [0, 0.05) is 5.39 Å². The number of rotatable bonds is 4. The molecule has 0 saturated carbocycles. The second-order valence-electron chi connectivity index (χ2n) is 3.49. The van der Waals surface area contributed by atoms with Gasteiger partial charge in [-0.05, 0) is 12.1 Å². The summed E-state index contributed by atoms with van der Waals surface area (Å²) in [5, 5.41) is 11.8. The van der Waals surface area contributed by atoms with E-state index in [9.17, 15) is 13.6 Å². The van der Waals surface area contributed by atoms with E-state index in [1.54, 1.807) is 24.3 Å². The summed E-state index contributed by atoms with van der Waals surface area (Å²) in [7, 11) is 0. The van der Waals surface area contributed by atoms with Crippen LogP contribution in [0.25, 0.3) is 10.9 Å². The van der Waals surface area contributed by atoms with Crippen molar-refractivity contribution >= 4 is 22.7 Å². The number of benzene rings is 1. The van der Waals surface area contributed by atoms with Crippen LogP contribution in [0, 0.1) is 0 Å². The second kappa shape index (κ2) is 4.91. The van der Waals surface area contributed by atoms with Crippen molar-refractivity contribution < 1.29 is 18.7 Å². The number of aromatic carboxylic acids is 1. The van der Waals surface area contributed by atoms with Crippen LogP contribution in [-0.4, -0.2) is 34.0 Å². The van der Waals surface area contributed by atoms with Crippen LogP contribution >= 0.6 is 0 Å². The molecule has 2 N–H and O–H groups in total. The monoisotopic (exact) mass is 253 g/mol. The number of fused-ring (bicyclic) bond motifs is 1. The molecule has 94 valence electrons. The molecule has 5 nitrogen and oxygen atoms in total. The molecule has 7 heteroatoms. The van der Waals surface area contributed by atoms with Gasteiger partial charge < -0.3 is 10.4 Å². The molecule has 1 aromatic heterocycles. The Morgan fingerprint density at radius 2 is 2.06 bits per heavy atom. The number of halogens is 2. The average molecular weight is 253 g/mol. The summed E-state index contributed by atoms with van der Waals surface area (Å²) in [5.41, 5.74) is 0.390. The van der Waals surface area contributed by atoms with Crippen molar-refractivity contribution in [2.45, 2.75) is 6.43 Å². The van der Waals surface area contributed by atoms with Gasteiger partial charge in [-0.25, -0.2) is 23.5 Å². The lowest BCUT2D eigenvalue weighted by molar-refractivity contribution is 0.0684. The first-order chi connectivity index (χ1) is 8.58.